The molecule has 0 aliphatic heterocycles. The molecule has 0 radical (unpaired) electrons. The zero-order valence-corrected chi connectivity index (χ0v) is 8.19. The number of hydrogen-bond acceptors (Lipinski definition) is 1. The summed E-state index contributed by atoms with van der Waals surface area (Å²) in [6.07, 6.45) is 3.75. The lowest BCUT2D eigenvalue weighted by Crippen LogP contribution is -2.14. The van der Waals surface area contributed by atoms with Crippen molar-refractivity contribution in [2.45, 2.75) is 13.8 Å². The van der Waals surface area contributed by atoms with Crippen LogP contribution in [0.25, 0.3) is 0 Å². The van der Waals surface area contributed by atoms with Crippen molar-refractivity contribution in [3.63, 3.8) is 0 Å². The van der Waals surface area contributed by atoms with Crippen LogP contribution in [0.4, 0.5) is 0 Å². The molecule has 58 valence electrons. The topological polar surface area (TPSA) is 12.4 Å². The average molecular weight is 204 g/mol. The first kappa shape index (κ1) is 9.89. The molecule has 0 saturated heterocycles. The number of aliphatic imine (C=N–C) groups is 1. The standard InChI is InChI=1S/C8H14BrN/c1-4-5-10-7-8(2,3)6-9/h4,7H,1,5-6H2,2-3H3. The van der Waals surface area contributed by atoms with Gasteiger partial charge in [-0.1, -0.05) is 35.9 Å². The second kappa shape index (κ2) is 4.67. The van der Waals surface area contributed by atoms with Crippen molar-refractivity contribution in [1.29, 1.82) is 0 Å². The summed E-state index contributed by atoms with van der Waals surface area (Å²) in [7, 11) is 0. The van der Waals surface area contributed by atoms with Crippen LogP contribution in [0.5, 0.6) is 0 Å². The van der Waals surface area contributed by atoms with E-state index in [1.165, 1.54) is 0 Å². The first-order chi connectivity index (χ1) is 4.62. The van der Waals surface area contributed by atoms with Crippen molar-refractivity contribution >= 4 is 22.1 Å². The van der Waals surface area contributed by atoms with Crippen LogP contribution in [-0.4, -0.2) is 18.1 Å². The molecule has 0 spiro atoms. The largest absolute Gasteiger partial charge is 0.293 e. The van der Waals surface area contributed by atoms with Gasteiger partial charge >= 0.3 is 0 Å². The average Bonchev–Trinajstić information content (AvgIpc) is 1.89. The SMILES string of the molecule is C=CCN=CC(C)(C)CBr. The summed E-state index contributed by atoms with van der Waals surface area (Å²) in [5.74, 6) is 0. The summed E-state index contributed by atoms with van der Waals surface area (Å²) in [5, 5.41) is 0.945. The third-order valence-corrected chi connectivity index (χ3v) is 2.46. The summed E-state index contributed by atoms with van der Waals surface area (Å²) in [6, 6.07) is 0. The molecule has 0 aromatic heterocycles. The first-order valence-electron chi connectivity index (χ1n) is 3.30. The summed E-state index contributed by atoms with van der Waals surface area (Å²) in [5.41, 5.74) is 0.170. The Morgan fingerprint density at radius 1 is 1.60 bits per heavy atom. The van der Waals surface area contributed by atoms with E-state index in [9.17, 15) is 0 Å². The highest BCUT2D eigenvalue weighted by Crippen LogP contribution is 2.14. The highest BCUT2D eigenvalue weighted by Gasteiger charge is 2.11. The van der Waals surface area contributed by atoms with Gasteiger partial charge in [0.15, 0.2) is 0 Å². The van der Waals surface area contributed by atoms with Gasteiger partial charge in [-0.15, -0.1) is 6.58 Å². The van der Waals surface area contributed by atoms with E-state index in [2.05, 4.69) is 41.3 Å². The Labute approximate surface area is 71.4 Å². The van der Waals surface area contributed by atoms with Crippen LogP contribution in [-0.2, 0) is 0 Å². The molecule has 0 atom stereocenters. The highest BCUT2D eigenvalue weighted by atomic mass is 79.9. The number of hydrogen-bond donors (Lipinski definition) is 0. The molecule has 0 aromatic rings. The predicted molar refractivity (Wildman–Crippen MR) is 51.1 cm³/mol. The van der Waals surface area contributed by atoms with Crippen molar-refractivity contribution in [2.75, 3.05) is 11.9 Å². The molecule has 0 fully saturated rings. The van der Waals surface area contributed by atoms with Gasteiger partial charge in [0.2, 0.25) is 0 Å². The predicted octanol–water partition coefficient (Wildman–Crippen LogP) is 2.66. The van der Waals surface area contributed by atoms with Crippen LogP contribution in [0.1, 0.15) is 13.8 Å². The molecule has 0 bridgehead atoms. The van der Waals surface area contributed by atoms with Crippen LogP contribution < -0.4 is 0 Å². The molecule has 0 aliphatic rings. The minimum atomic E-state index is 0.170. The summed E-state index contributed by atoms with van der Waals surface area (Å²) in [4.78, 5) is 4.16. The van der Waals surface area contributed by atoms with Crippen LogP contribution in [0, 0.1) is 5.41 Å². The lowest BCUT2D eigenvalue weighted by Gasteiger charge is -2.13. The fraction of sp³-hybridized carbons (Fsp3) is 0.625. The lowest BCUT2D eigenvalue weighted by atomic mass is 9.99. The van der Waals surface area contributed by atoms with E-state index in [0.717, 1.165) is 11.9 Å². The van der Waals surface area contributed by atoms with E-state index < -0.39 is 0 Å². The number of nitrogens with zero attached hydrogens (tertiary/aromatic N) is 1. The zero-order chi connectivity index (χ0) is 8.04. The normalized spacial score (nSPS) is 12.3. The van der Waals surface area contributed by atoms with Crippen LogP contribution in [0.3, 0.4) is 0 Å². The Hall–Kier alpha value is -0.110. The molecular weight excluding hydrogens is 190 g/mol. The number of alkyl halides is 1. The van der Waals surface area contributed by atoms with Gasteiger partial charge in [0.25, 0.3) is 0 Å². The molecule has 10 heavy (non-hydrogen) atoms. The Morgan fingerprint density at radius 2 is 2.20 bits per heavy atom. The second-order valence-corrected chi connectivity index (χ2v) is 3.47. The minimum absolute atomic E-state index is 0.170. The number of rotatable bonds is 4. The molecule has 0 rings (SSSR count). The first-order valence-corrected chi connectivity index (χ1v) is 4.42. The van der Waals surface area contributed by atoms with Gasteiger partial charge in [-0.05, 0) is 0 Å². The van der Waals surface area contributed by atoms with Gasteiger partial charge in [-0.3, -0.25) is 4.99 Å². The van der Waals surface area contributed by atoms with Crippen LogP contribution in [0.2, 0.25) is 0 Å². The Morgan fingerprint density at radius 3 is 2.60 bits per heavy atom. The second-order valence-electron chi connectivity index (χ2n) is 2.91. The smallest absolute Gasteiger partial charge is 0.0564 e. The maximum absolute atomic E-state index is 4.16. The van der Waals surface area contributed by atoms with Crippen LogP contribution in [0.15, 0.2) is 17.6 Å². The monoisotopic (exact) mass is 203 g/mol. The van der Waals surface area contributed by atoms with Gasteiger partial charge in [0.05, 0.1) is 6.54 Å². The third-order valence-electron chi connectivity index (χ3n) is 1.02. The molecule has 0 amide bonds. The van der Waals surface area contributed by atoms with Crippen molar-refractivity contribution < 1.29 is 0 Å². The van der Waals surface area contributed by atoms with Crippen molar-refractivity contribution in [3.05, 3.63) is 12.7 Å². The van der Waals surface area contributed by atoms with E-state index in [1.807, 2.05) is 6.21 Å². The van der Waals surface area contributed by atoms with Crippen LogP contribution >= 0.6 is 15.9 Å². The molecule has 0 aliphatic carbocycles. The Kier molecular flexibility index (Phi) is 4.62. The quantitative estimate of drug-likeness (QED) is 0.379. The fourth-order valence-electron chi connectivity index (χ4n) is 0.409. The van der Waals surface area contributed by atoms with Crippen molar-refractivity contribution in [2.24, 2.45) is 10.4 Å². The molecule has 0 saturated carbocycles. The molecule has 0 unspecified atom stereocenters. The number of halogens is 1. The highest BCUT2D eigenvalue weighted by molar-refractivity contribution is 9.09. The lowest BCUT2D eigenvalue weighted by molar-refractivity contribution is 0.623. The minimum Gasteiger partial charge on any atom is -0.293 e. The maximum Gasteiger partial charge on any atom is 0.0564 e. The zero-order valence-electron chi connectivity index (χ0n) is 6.60. The van der Waals surface area contributed by atoms with Gasteiger partial charge in [-0.2, -0.15) is 0 Å². The fourth-order valence-corrected chi connectivity index (χ4v) is 0.554. The van der Waals surface area contributed by atoms with Crippen molar-refractivity contribution in [3.8, 4) is 0 Å². The van der Waals surface area contributed by atoms with E-state index in [1.54, 1.807) is 6.08 Å². The van der Waals surface area contributed by atoms with Crippen molar-refractivity contribution in [1.82, 2.24) is 0 Å². The van der Waals surface area contributed by atoms with Gasteiger partial charge in [0.1, 0.15) is 0 Å². The Bertz CT molecular complexity index is 127. The van der Waals surface area contributed by atoms with Gasteiger partial charge in [-0.25, -0.2) is 0 Å². The summed E-state index contributed by atoms with van der Waals surface area (Å²) >= 11 is 3.41. The van der Waals surface area contributed by atoms with E-state index in [4.69, 9.17) is 0 Å². The molecule has 0 heterocycles. The molecular formula is C8H14BrN. The third kappa shape index (κ3) is 4.74. The molecule has 1 nitrogen and oxygen atoms in total. The maximum atomic E-state index is 4.16. The summed E-state index contributed by atoms with van der Waals surface area (Å²) < 4.78 is 0. The van der Waals surface area contributed by atoms with E-state index in [0.29, 0.717) is 0 Å². The molecule has 0 N–H and O–H groups in total. The van der Waals surface area contributed by atoms with Gasteiger partial charge in [0, 0.05) is 17.0 Å². The summed E-state index contributed by atoms with van der Waals surface area (Å²) in [6.45, 7) is 8.57. The Balaban J connectivity index is 3.73. The van der Waals surface area contributed by atoms with E-state index >= 15 is 0 Å². The molecule has 0 aromatic carbocycles. The molecule has 2 heteroatoms. The van der Waals surface area contributed by atoms with E-state index in [-0.39, 0.29) is 5.41 Å². The van der Waals surface area contributed by atoms with Gasteiger partial charge < -0.3 is 0 Å².